The van der Waals surface area contributed by atoms with Crippen LogP contribution in [0, 0.1) is 5.82 Å². The number of rotatable bonds is 8. The molecule has 1 atom stereocenters. The number of hydrogen-bond acceptors (Lipinski definition) is 6. The molecule has 49 heavy (non-hydrogen) atoms. The molecule has 260 valence electrons. The number of nitrogens with two attached hydrogens (primary N) is 1. The summed E-state index contributed by atoms with van der Waals surface area (Å²) in [4.78, 5) is 30.0. The van der Waals surface area contributed by atoms with Gasteiger partial charge >= 0.3 is 18.2 Å². The smallest absolute Gasteiger partial charge is 0.405 e. The number of benzene rings is 3. The molecule has 1 saturated heterocycles. The van der Waals surface area contributed by atoms with Gasteiger partial charge < -0.3 is 15.2 Å². The van der Waals surface area contributed by atoms with Crippen molar-refractivity contribution in [2.75, 3.05) is 13.1 Å². The van der Waals surface area contributed by atoms with Crippen LogP contribution in [0.1, 0.15) is 52.4 Å². The predicted octanol–water partition coefficient (Wildman–Crippen LogP) is 5.84. The fourth-order valence-corrected chi connectivity index (χ4v) is 6.66. The molecule has 0 amide bonds. The lowest BCUT2D eigenvalue weighted by Crippen LogP contribution is -2.49. The molecular formula is C34H31F7N4O4. The number of nitrogens with zero attached hydrogens (tertiary/aromatic N) is 3. The van der Waals surface area contributed by atoms with E-state index in [0.29, 0.717) is 11.1 Å². The summed E-state index contributed by atoms with van der Waals surface area (Å²) in [6.45, 7) is -0.843. The van der Waals surface area contributed by atoms with Crippen molar-refractivity contribution in [1.29, 1.82) is 0 Å². The minimum atomic E-state index is -4.93. The van der Waals surface area contributed by atoms with E-state index in [1.807, 2.05) is 4.90 Å². The van der Waals surface area contributed by atoms with Gasteiger partial charge in [0.15, 0.2) is 0 Å². The number of halogens is 7. The van der Waals surface area contributed by atoms with Gasteiger partial charge in [-0.3, -0.25) is 18.8 Å². The van der Waals surface area contributed by atoms with E-state index >= 15 is 4.39 Å². The molecule has 1 spiro atoms. The molecule has 0 bridgehead atoms. The van der Waals surface area contributed by atoms with Crippen LogP contribution in [0.5, 0.6) is 5.75 Å². The Kier molecular flexibility index (Phi) is 9.19. The van der Waals surface area contributed by atoms with Crippen molar-refractivity contribution in [3.8, 4) is 5.75 Å². The highest BCUT2D eigenvalue weighted by Gasteiger charge is 2.47. The molecular weight excluding hydrogens is 661 g/mol. The van der Waals surface area contributed by atoms with E-state index in [9.17, 15) is 35.9 Å². The van der Waals surface area contributed by atoms with E-state index in [0.717, 1.165) is 27.3 Å². The number of para-hydroxylation sites is 1. The minimum Gasteiger partial charge on any atom is -0.405 e. The third kappa shape index (κ3) is 7.00. The SMILES string of the molecule is N[C@@H](Cn1c(=O)c2c(n(Cc3c(F)cccc3C(F)(F)F)c1=O)COC21CCN(Cc2ccccc2OC(F)(F)F)CC1)c1ccccc1. The molecule has 1 fully saturated rings. The monoisotopic (exact) mass is 692 g/mol. The second-order valence-corrected chi connectivity index (χ2v) is 12.1. The molecule has 2 aliphatic rings. The maximum absolute atomic E-state index is 15.0. The molecule has 3 heterocycles. The van der Waals surface area contributed by atoms with Gasteiger partial charge in [-0.15, -0.1) is 13.2 Å². The van der Waals surface area contributed by atoms with Crippen LogP contribution in [0.2, 0.25) is 0 Å². The van der Waals surface area contributed by atoms with Gasteiger partial charge in [-0.1, -0.05) is 54.6 Å². The van der Waals surface area contributed by atoms with E-state index in [1.165, 1.54) is 18.2 Å². The highest BCUT2D eigenvalue weighted by atomic mass is 19.4. The van der Waals surface area contributed by atoms with Gasteiger partial charge in [0.1, 0.15) is 17.2 Å². The van der Waals surface area contributed by atoms with Crippen LogP contribution in [0.4, 0.5) is 30.7 Å². The van der Waals surface area contributed by atoms with Gasteiger partial charge in [0.05, 0.1) is 36.5 Å². The summed E-state index contributed by atoms with van der Waals surface area (Å²) >= 11 is 0. The highest BCUT2D eigenvalue weighted by molar-refractivity contribution is 5.36. The van der Waals surface area contributed by atoms with Crippen molar-refractivity contribution in [3.63, 3.8) is 0 Å². The molecule has 6 rings (SSSR count). The number of fused-ring (bicyclic) bond motifs is 2. The molecule has 0 unspecified atom stereocenters. The second kappa shape index (κ2) is 13.1. The lowest BCUT2D eigenvalue weighted by Gasteiger charge is -2.39. The van der Waals surface area contributed by atoms with Crippen LogP contribution in [0.3, 0.4) is 0 Å². The van der Waals surface area contributed by atoms with Crippen molar-refractivity contribution >= 4 is 0 Å². The Morgan fingerprint density at radius 2 is 1.53 bits per heavy atom. The number of alkyl halides is 6. The zero-order valence-corrected chi connectivity index (χ0v) is 25.9. The van der Waals surface area contributed by atoms with E-state index in [4.69, 9.17) is 10.5 Å². The van der Waals surface area contributed by atoms with Crippen molar-refractivity contribution in [3.05, 3.63) is 133 Å². The Morgan fingerprint density at radius 1 is 0.857 bits per heavy atom. The largest absolute Gasteiger partial charge is 0.573 e. The van der Waals surface area contributed by atoms with Gasteiger partial charge in [-0.25, -0.2) is 9.18 Å². The number of hydrogen-bond donors (Lipinski definition) is 1. The number of likely N-dealkylation sites (tertiary alicyclic amines) is 1. The van der Waals surface area contributed by atoms with Crippen molar-refractivity contribution in [1.82, 2.24) is 14.0 Å². The van der Waals surface area contributed by atoms with Crippen LogP contribution in [0.25, 0.3) is 0 Å². The van der Waals surface area contributed by atoms with E-state index in [1.54, 1.807) is 36.4 Å². The molecule has 15 heteroatoms. The first-order valence-electron chi connectivity index (χ1n) is 15.4. The van der Waals surface area contributed by atoms with Gasteiger partial charge in [-0.2, -0.15) is 13.2 Å². The summed E-state index contributed by atoms with van der Waals surface area (Å²) in [5.74, 6) is -1.52. The topological polar surface area (TPSA) is 91.7 Å². The Balaban J connectivity index is 1.38. The number of piperidine rings is 1. The fraction of sp³-hybridized carbons (Fsp3) is 0.353. The number of ether oxygens (including phenoxy) is 2. The zero-order valence-electron chi connectivity index (χ0n) is 25.9. The summed E-state index contributed by atoms with van der Waals surface area (Å²) in [5, 5.41) is 0. The maximum Gasteiger partial charge on any atom is 0.573 e. The molecule has 0 saturated carbocycles. The normalized spacial score (nSPS) is 16.9. The van der Waals surface area contributed by atoms with Gasteiger partial charge in [0, 0.05) is 36.8 Å². The standard InChI is InChI=1S/C34H31F7N4O4/c35-25-11-6-10-24(33(36,37)38)23(25)18-44-27-20-48-32(29(27)30(46)45(31(44)47)19-26(42)21-7-2-1-3-8-21)13-15-43(16-14-32)17-22-9-4-5-12-28(22)49-34(39,40)41/h1-12,26H,13-20,42H2/t26-/m0/s1. The summed E-state index contributed by atoms with van der Waals surface area (Å²) in [6.07, 6.45) is -9.46. The van der Waals surface area contributed by atoms with Crippen LogP contribution >= 0.6 is 0 Å². The first-order chi connectivity index (χ1) is 23.2. The molecule has 3 aromatic carbocycles. The minimum absolute atomic E-state index is 0.0354. The maximum atomic E-state index is 15.0. The van der Waals surface area contributed by atoms with Gasteiger partial charge in [-0.05, 0) is 36.6 Å². The van der Waals surface area contributed by atoms with E-state index in [2.05, 4.69) is 4.74 Å². The van der Waals surface area contributed by atoms with E-state index in [-0.39, 0.29) is 62.6 Å². The lowest BCUT2D eigenvalue weighted by molar-refractivity contribution is -0.275. The Morgan fingerprint density at radius 3 is 2.20 bits per heavy atom. The molecule has 4 aromatic rings. The Bertz CT molecular complexity index is 1950. The highest BCUT2D eigenvalue weighted by Crippen LogP contribution is 2.43. The third-order valence-corrected chi connectivity index (χ3v) is 9.08. The van der Waals surface area contributed by atoms with Gasteiger partial charge in [0.25, 0.3) is 5.56 Å². The fourth-order valence-electron chi connectivity index (χ4n) is 6.66. The van der Waals surface area contributed by atoms with Crippen molar-refractivity contribution in [2.24, 2.45) is 5.73 Å². The van der Waals surface area contributed by atoms with Crippen LogP contribution in [0.15, 0.2) is 82.4 Å². The number of aromatic nitrogens is 2. The molecule has 2 N–H and O–H groups in total. The van der Waals surface area contributed by atoms with Gasteiger partial charge in [0.2, 0.25) is 0 Å². The summed E-state index contributed by atoms with van der Waals surface area (Å²) in [7, 11) is 0. The first-order valence-corrected chi connectivity index (χ1v) is 15.4. The molecule has 0 radical (unpaired) electrons. The molecule has 8 nitrogen and oxygen atoms in total. The Labute approximate surface area is 275 Å². The Hall–Kier alpha value is -4.47. The first kappa shape index (κ1) is 34.4. The van der Waals surface area contributed by atoms with Crippen LogP contribution in [-0.2, 0) is 42.8 Å². The van der Waals surface area contributed by atoms with Crippen molar-refractivity contribution < 1.29 is 40.2 Å². The average Bonchev–Trinajstić information content (AvgIpc) is 3.41. The van der Waals surface area contributed by atoms with Crippen molar-refractivity contribution in [2.45, 2.75) is 63.3 Å². The quantitative estimate of drug-likeness (QED) is 0.234. The average molecular weight is 693 g/mol. The predicted molar refractivity (Wildman–Crippen MR) is 163 cm³/mol. The van der Waals surface area contributed by atoms with Crippen LogP contribution in [-0.4, -0.2) is 33.5 Å². The molecule has 0 aliphatic carbocycles. The lowest BCUT2D eigenvalue weighted by atomic mass is 9.85. The molecule has 2 aliphatic heterocycles. The molecule has 1 aromatic heterocycles. The second-order valence-electron chi connectivity index (χ2n) is 12.1. The summed E-state index contributed by atoms with van der Waals surface area (Å²) < 4.78 is 108. The third-order valence-electron chi connectivity index (χ3n) is 9.08. The van der Waals surface area contributed by atoms with Crippen LogP contribution < -0.4 is 21.7 Å². The zero-order chi connectivity index (χ0) is 35.1. The summed E-state index contributed by atoms with van der Waals surface area (Å²) in [5.41, 5.74) is 2.41. The van der Waals surface area contributed by atoms with E-state index < -0.39 is 58.9 Å². The summed E-state index contributed by atoms with van der Waals surface area (Å²) in [6, 6.07) is 16.0.